The Kier molecular flexibility index (Phi) is 8.21. The van der Waals surface area contributed by atoms with Gasteiger partial charge in [0.1, 0.15) is 0 Å². The Hall–Kier alpha value is -0.610. The van der Waals surface area contributed by atoms with E-state index in [1.165, 1.54) is 0 Å². The van der Waals surface area contributed by atoms with E-state index in [-0.39, 0.29) is 5.91 Å². The third-order valence-corrected chi connectivity index (χ3v) is 2.29. The minimum Gasteiger partial charge on any atom is -0.303 e. The zero-order chi connectivity index (χ0) is 12.6. The monoisotopic (exact) mass is 229 g/mol. The maximum atomic E-state index is 11.0. The van der Waals surface area contributed by atoms with E-state index in [4.69, 9.17) is 5.84 Å². The maximum Gasteiger partial charge on any atom is 0.233 e. The van der Waals surface area contributed by atoms with Gasteiger partial charge in [-0.25, -0.2) is 5.84 Å². The van der Waals surface area contributed by atoms with Crippen LogP contribution in [0.25, 0.3) is 0 Å². The SMILES string of the molecule is CC(C)CN(CCCC(=O)NN)CC(C)C. The molecule has 0 fully saturated rings. The molecule has 0 aromatic heterocycles. The van der Waals surface area contributed by atoms with E-state index in [9.17, 15) is 4.79 Å². The normalized spacial score (nSPS) is 11.5. The molecule has 96 valence electrons. The van der Waals surface area contributed by atoms with Crippen LogP contribution in [-0.2, 0) is 4.79 Å². The molecule has 0 atom stereocenters. The number of carbonyl (C=O) groups excluding carboxylic acids is 1. The van der Waals surface area contributed by atoms with Crippen molar-refractivity contribution in [1.82, 2.24) is 10.3 Å². The second-order valence-corrected chi connectivity index (χ2v) is 5.22. The number of carbonyl (C=O) groups is 1. The molecule has 0 rings (SSSR count). The summed E-state index contributed by atoms with van der Waals surface area (Å²) < 4.78 is 0. The van der Waals surface area contributed by atoms with Crippen LogP contribution in [0.2, 0.25) is 0 Å². The maximum absolute atomic E-state index is 11.0. The third-order valence-electron chi connectivity index (χ3n) is 2.29. The molecule has 0 aliphatic carbocycles. The molecule has 0 radical (unpaired) electrons. The fraction of sp³-hybridized carbons (Fsp3) is 0.917. The van der Waals surface area contributed by atoms with Crippen LogP contribution in [0.1, 0.15) is 40.5 Å². The van der Waals surface area contributed by atoms with Gasteiger partial charge in [0.25, 0.3) is 0 Å². The number of nitrogens with two attached hydrogens (primary N) is 1. The van der Waals surface area contributed by atoms with Crippen LogP contribution in [0, 0.1) is 11.8 Å². The van der Waals surface area contributed by atoms with Gasteiger partial charge in [0.15, 0.2) is 0 Å². The first-order chi connectivity index (χ1) is 7.45. The van der Waals surface area contributed by atoms with Gasteiger partial charge in [-0.2, -0.15) is 0 Å². The van der Waals surface area contributed by atoms with Crippen molar-refractivity contribution in [2.45, 2.75) is 40.5 Å². The van der Waals surface area contributed by atoms with Crippen LogP contribution in [0.15, 0.2) is 0 Å². The summed E-state index contributed by atoms with van der Waals surface area (Å²) in [6, 6.07) is 0. The van der Waals surface area contributed by atoms with E-state index < -0.39 is 0 Å². The third kappa shape index (κ3) is 8.68. The highest BCUT2D eigenvalue weighted by Crippen LogP contribution is 2.05. The lowest BCUT2D eigenvalue weighted by Crippen LogP contribution is -2.34. The van der Waals surface area contributed by atoms with E-state index in [0.29, 0.717) is 18.3 Å². The molecule has 0 aromatic rings. The predicted molar refractivity (Wildman–Crippen MR) is 67.7 cm³/mol. The Morgan fingerprint density at radius 2 is 1.69 bits per heavy atom. The van der Waals surface area contributed by atoms with Crippen LogP contribution in [0.3, 0.4) is 0 Å². The van der Waals surface area contributed by atoms with Crippen molar-refractivity contribution in [3.8, 4) is 0 Å². The number of amides is 1. The van der Waals surface area contributed by atoms with Crippen molar-refractivity contribution in [2.75, 3.05) is 19.6 Å². The van der Waals surface area contributed by atoms with Gasteiger partial charge in [-0.15, -0.1) is 0 Å². The largest absolute Gasteiger partial charge is 0.303 e. The summed E-state index contributed by atoms with van der Waals surface area (Å²) in [4.78, 5) is 13.4. The summed E-state index contributed by atoms with van der Waals surface area (Å²) in [5.74, 6) is 6.30. The fourth-order valence-corrected chi connectivity index (χ4v) is 1.83. The van der Waals surface area contributed by atoms with Gasteiger partial charge < -0.3 is 4.90 Å². The standard InChI is InChI=1S/C12H27N3O/c1-10(2)8-15(9-11(3)4)7-5-6-12(16)14-13/h10-11H,5-9,13H2,1-4H3,(H,14,16). The lowest BCUT2D eigenvalue weighted by molar-refractivity contribution is -0.121. The second kappa shape index (κ2) is 8.53. The molecule has 0 aliphatic rings. The van der Waals surface area contributed by atoms with E-state index in [1.807, 2.05) is 0 Å². The Balaban J connectivity index is 3.86. The number of hydrogen-bond donors (Lipinski definition) is 2. The first-order valence-corrected chi connectivity index (χ1v) is 6.17. The average molecular weight is 229 g/mol. The molecule has 0 bridgehead atoms. The van der Waals surface area contributed by atoms with Crippen LogP contribution in [0.5, 0.6) is 0 Å². The highest BCUT2D eigenvalue weighted by molar-refractivity contribution is 5.75. The molecule has 0 spiro atoms. The molecule has 4 heteroatoms. The number of nitrogens with zero attached hydrogens (tertiary/aromatic N) is 1. The Labute approximate surface area is 99.5 Å². The van der Waals surface area contributed by atoms with Crippen molar-refractivity contribution in [3.63, 3.8) is 0 Å². The summed E-state index contributed by atoms with van der Waals surface area (Å²) in [6.45, 7) is 12.1. The summed E-state index contributed by atoms with van der Waals surface area (Å²) in [6.07, 6.45) is 1.39. The highest BCUT2D eigenvalue weighted by atomic mass is 16.2. The Bertz CT molecular complexity index is 183. The average Bonchev–Trinajstić information content (AvgIpc) is 2.15. The highest BCUT2D eigenvalue weighted by Gasteiger charge is 2.09. The van der Waals surface area contributed by atoms with Gasteiger partial charge in [0, 0.05) is 19.5 Å². The molecule has 0 saturated heterocycles. The fourth-order valence-electron chi connectivity index (χ4n) is 1.83. The molecule has 0 aliphatic heterocycles. The van der Waals surface area contributed by atoms with Gasteiger partial charge >= 0.3 is 0 Å². The smallest absolute Gasteiger partial charge is 0.233 e. The van der Waals surface area contributed by atoms with Crippen molar-refractivity contribution in [2.24, 2.45) is 17.7 Å². The predicted octanol–water partition coefficient (Wildman–Crippen LogP) is 1.37. The molecule has 3 N–H and O–H groups in total. The van der Waals surface area contributed by atoms with Crippen molar-refractivity contribution in [3.05, 3.63) is 0 Å². The summed E-state index contributed by atoms with van der Waals surface area (Å²) in [7, 11) is 0. The lowest BCUT2D eigenvalue weighted by Gasteiger charge is -2.25. The van der Waals surface area contributed by atoms with Gasteiger partial charge in [-0.3, -0.25) is 10.2 Å². The zero-order valence-electron chi connectivity index (χ0n) is 11.1. The van der Waals surface area contributed by atoms with E-state index >= 15 is 0 Å². The molecule has 16 heavy (non-hydrogen) atoms. The van der Waals surface area contributed by atoms with Gasteiger partial charge in [0.2, 0.25) is 5.91 Å². The number of hydrazine groups is 1. The first kappa shape index (κ1) is 15.4. The zero-order valence-corrected chi connectivity index (χ0v) is 11.1. The van der Waals surface area contributed by atoms with Crippen molar-refractivity contribution < 1.29 is 4.79 Å². The van der Waals surface area contributed by atoms with Crippen molar-refractivity contribution >= 4 is 5.91 Å². The topological polar surface area (TPSA) is 58.4 Å². The first-order valence-electron chi connectivity index (χ1n) is 6.17. The van der Waals surface area contributed by atoms with Crippen LogP contribution < -0.4 is 11.3 Å². The Morgan fingerprint density at radius 1 is 1.19 bits per heavy atom. The van der Waals surface area contributed by atoms with Crippen molar-refractivity contribution in [1.29, 1.82) is 0 Å². The second-order valence-electron chi connectivity index (χ2n) is 5.22. The van der Waals surface area contributed by atoms with Gasteiger partial charge in [0.05, 0.1) is 0 Å². The van der Waals surface area contributed by atoms with Crippen LogP contribution >= 0.6 is 0 Å². The van der Waals surface area contributed by atoms with Crippen LogP contribution in [0.4, 0.5) is 0 Å². The Morgan fingerprint density at radius 3 is 2.06 bits per heavy atom. The number of rotatable bonds is 8. The molecule has 4 nitrogen and oxygen atoms in total. The lowest BCUT2D eigenvalue weighted by atomic mass is 10.1. The van der Waals surface area contributed by atoms with E-state index in [1.54, 1.807) is 0 Å². The molecule has 0 heterocycles. The number of nitrogens with one attached hydrogen (secondary N) is 1. The summed E-state index contributed by atoms with van der Waals surface area (Å²) >= 11 is 0. The summed E-state index contributed by atoms with van der Waals surface area (Å²) in [5, 5.41) is 0. The van der Waals surface area contributed by atoms with Gasteiger partial charge in [-0.1, -0.05) is 27.7 Å². The minimum atomic E-state index is -0.0750. The van der Waals surface area contributed by atoms with E-state index in [0.717, 1.165) is 26.1 Å². The minimum absolute atomic E-state index is 0.0750. The molecule has 0 unspecified atom stereocenters. The number of hydrogen-bond acceptors (Lipinski definition) is 3. The molecule has 1 amide bonds. The summed E-state index contributed by atoms with van der Waals surface area (Å²) in [5.41, 5.74) is 2.16. The van der Waals surface area contributed by atoms with Crippen LogP contribution in [-0.4, -0.2) is 30.4 Å². The quantitative estimate of drug-likeness (QED) is 0.375. The molecule has 0 saturated carbocycles. The molecule has 0 aromatic carbocycles. The van der Waals surface area contributed by atoms with E-state index in [2.05, 4.69) is 38.0 Å². The van der Waals surface area contributed by atoms with Gasteiger partial charge in [-0.05, 0) is 24.8 Å². The molecular formula is C12H27N3O. The molecular weight excluding hydrogens is 202 g/mol.